The Kier molecular flexibility index (Phi) is 8.01. The van der Waals surface area contributed by atoms with E-state index in [0.29, 0.717) is 28.2 Å². The van der Waals surface area contributed by atoms with Crippen molar-refractivity contribution in [2.75, 3.05) is 7.11 Å². The zero-order valence-corrected chi connectivity index (χ0v) is 21.5. The van der Waals surface area contributed by atoms with E-state index in [4.69, 9.17) is 13.9 Å². The quantitative estimate of drug-likeness (QED) is 0.145. The number of hydrogen-bond acceptors (Lipinski definition) is 7. The maximum atomic E-state index is 13.4. The van der Waals surface area contributed by atoms with Crippen LogP contribution in [0.5, 0.6) is 11.5 Å². The molecule has 1 fully saturated rings. The molecule has 1 amide bonds. The van der Waals surface area contributed by atoms with Crippen molar-refractivity contribution in [1.29, 1.82) is 0 Å². The van der Waals surface area contributed by atoms with E-state index < -0.39 is 0 Å². The molecule has 1 aliphatic heterocycles. The van der Waals surface area contributed by atoms with E-state index in [2.05, 4.69) is 10.2 Å². The zero-order chi connectivity index (χ0) is 26.2. The molecule has 190 valence electrons. The number of furan rings is 1. The molecular formula is C30H25N3O4S. The van der Waals surface area contributed by atoms with Gasteiger partial charge in [-0.1, -0.05) is 54.6 Å². The molecule has 1 saturated heterocycles. The van der Waals surface area contributed by atoms with E-state index >= 15 is 0 Å². The van der Waals surface area contributed by atoms with Crippen molar-refractivity contribution in [3.63, 3.8) is 0 Å². The van der Waals surface area contributed by atoms with Crippen molar-refractivity contribution in [3.05, 3.63) is 125 Å². The number of hydrogen-bond donors (Lipinski definition) is 0. The van der Waals surface area contributed by atoms with Crippen LogP contribution in [-0.2, 0) is 17.9 Å². The number of amides is 1. The van der Waals surface area contributed by atoms with Crippen molar-refractivity contribution in [1.82, 2.24) is 4.90 Å². The van der Waals surface area contributed by atoms with Crippen LogP contribution < -0.4 is 9.47 Å². The summed E-state index contributed by atoms with van der Waals surface area (Å²) in [5.74, 6) is 1.89. The number of amidine groups is 1. The van der Waals surface area contributed by atoms with E-state index in [-0.39, 0.29) is 12.5 Å². The first-order chi connectivity index (χ1) is 18.7. The van der Waals surface area contributed by atoms with Gasteiger partial charge in [-0.15, -0.1) is 5.10 Å². The lowest BCUT2D eigenvalue weighted by molar-refractivity contribution is -0.122. The van der Waals surface area contributed by atoms with Gasteiger partial charge in [0.1, 0.15) is 23.9 Å². The summed E-state index contributed by atoms with van der Waals surface area (Å²) in [6.07, 6.45) is 5.03. The second-order valence-corrected chi connectivity index (χ2v) is 9.31. The van der Waals surface area contributed by atoms with Crippen LogP contribution >= 0.6 is 11.8 Å². The molecule has 0 N–H and O–H groups in total. The number of nitrogens with zero attached hydrogens (tertiary/aromatic N) is 3. The summed E-state index contributed by atoms with van der Waals surface area (Å²) in [4.78, 5) is 15.5. The Hall–Kier alpha value is -4.56. The van der Waals surface area contributed by atoms with Gasteiger partial charge in [-0.2, -0.15) is 5.10 Å². The Morgan fingerprint density at radius 2 is 1.82 bits per heavy atom. The molecule has 0 unspecified atom stereocenters. The third kappa shape index (κ3) is 6.22. The van der Waals surface area contributed by atoms with E-state index in [1.807, 2.05) is 91.0 Å². The minimum Gasteiger partial charge on any atom is -0.496 e. The third-order valence-corrected chi connectivity index (χ3v) is 6.66. The number of thioether (sulfide) groups is 1. The monoisotopic (exact) mass is 523 g/mol. The number of para-hydroxylation sites is 1. The first kappa shape index (κ1) is 25.1. The molecule has 0 atom stereocenters. The summed E-state index contributed by atoms with van der Waals surface area (Å²) in [6, 6.07) is 28.8. The zero-order valence-electron chi connectivity index (χ0n) is 20.7. The average Bonchev–Trinajstić information content (AvgIpc) is 3.57. The molecule has 1 aromatic heterocycles. The molecule has 5 rings (SSSR count). The van der Waals surface area contributed by atoms with E-state index in [9.17, 15) is 4.79 Å². The molecule has 4 aromatic rings. The van der Waals surface area contributed by atoms with Gasteiger partial charge in [0, 0.05) is 5.56 Å². The first-order valence-electron chi connectivity index (χ1n) is 11.9. The second kappa shape index (κ2) is 12.1. The number of carbonyl (C=O) groups excluding carboxylic acids is 1. The fraction of sp³-hybridized carbons (Fsp3) is 0.100. The lowest BCUT2D eigenvalue weighted by Crippen LogP contribution is -2.28. The van der Waals surface area contributed by atoms with Crippen LogP contribution in [0.15, 0.2) is 117 Å². The lowest BCUT2D eigenvalue weighted by atomic mass is 10.2. The number of carbonyl (C=O) groups is 1. The SMILES string of the molecule is COc1ccccc1/C=N\N=C1\S/C(=C\c2cccc(OCc3ccccc3)c2)C(=O)N1Cc1ccco1. The van der Waals surface area contributed by atoms with Gasteiger partial charge in [-0.3, -0.25) is 9.69 Å². The van der Waals surface area contributed by atoms with Crippen molar-refractivity contribution in [3.8, 4) is 11.5 Å². The highest BCUT2D eigenvalue weighted by Crippen LogP contribution is 2.34. The smallest absolute Gasteiger partial charge is 0.267 e. The first-order valence-corrected chi connectivity index (χ1v) is 12.8. The Balaban J connectivity index is 1.37. The summed E-state index contributed by atoms with van der Waals surface area (Å²) in [5, 5.41) is 9.07. The van der Waals surface area contributed by atoms with Gasteiger partial charge in [-0.05, 0) is 65.4 Å². The van der Waals surface area contributed by atoms with Gasteiger partial charge in [0.15, 0.2) is 5.17 Å². The molecule has 0 bridgehead atoms. The predicted octanol–water partition coefficient (Wildman–Crippen LogP) is 6.37. The van der Waals surface area contributed by atoms with Crippen LogP contribution in [0.1, 0.15) is 22.5 Å². The summed E-state index contributed by atoms with van der Waals surface area (Å²) in [6.45, 7) is 0.714. The van der Waals surface area contributed by atoms with Crippen molar-refractivity contribution in [2.24, 2.45) is 10.2 Å². The maximum Gasteiger partial charge on any atom is 0.267 e. The van der Waals surface area contributed by atoms with Gasteiger partial charge in [0.2, 0.25) is 0 Å². The second-order valence-electron chi connectivity index (χ2n) is 8.30. The van der Waals surface area contributed by atoms with Crippen LogP contribution in [-0.4, -0.2) is 29.3 Å². The summed E-state index contributed by atoms with van der Waals surface area (Å²) in [5.41, 5.74) is 2.72. The van der Waals surface area contributed by atoms with Gasteiger partial charge in [0.05, 0.1) is 31.0 Å². The van der Waals surface area contributed by atoms with Crippen LogP contribution in [0.4, 0.5) is 0 Å². The fourth-order valence-corrected chi connectivity index (χ4v) is 4.72. The molecule has 0 saturated carbocycles. The molecule has 7 nitrogen and oxygen atoms in total. The molecule has 0 aliphatic carbocycles. The summed E-state index contributed by atoms with van der Waals surface area (Å²) in [7, 11) is 1.61. The van der Waals surface area contributed by atoms with Gasteiger partial charge >= 0.3 is 0 Å². The van der Waals surface area contributed by atoms with Crippen molar-refractivity contribution < 1.29 is 18.7 Å². The molecule has 0 spiro atoms. The number of ether oxygens (including phenoxy) is 2. The molecule has 8 heteroatoms. The highest BCUT2D eigenvalue weighted by Gasteiger charge is 2.34. The van der Waals surface area contributed by atoms with Crippen molar-refractivity contribution in [2.45, 2.75) is 13.2 Å². The number of rotatable bonds is 9. The molecule has 38 heavy (non-hydrogen) atoms. The topological polar surface area (TPSA) is 76.6 Å². The van der Waals surface area contributed by atoms with Crippen LogP contribution in [0.2, 0.25) is 0 Å². The maximum absolute atomic E-state index is 13.4. The molecule has 3 aromatic carbocycles. The Labute approximate surface area is 225 Å². The minimum absolute atomic E-state index is 0.173. The summed E-state index contributed by atoms with van der Waals surface area (Å²) >= 11 is 1.26. The van der Waals surface area contributed by atoms with Crippen LogP contribution in [0.3, 0.4) is 0 Å². The van der Waals surface area contributed by atoms with E-state index in [0.717, 1.165) is 22.4 Å². The Morgan fingerprint density at radius 3 is 2.63 bits per heavy atom. The molecular weight excluding hydrogens is 498 g/mol. The molecule has 0 radical (unpaired) electrons. The lowest BCUT2D eigenvalue weighted by Gasteiger charge is -2.12. The predicted molar refractivity (Wildman–Crippen MR) is 150 cm³/mol. The number of methoxy groups -OCH3 is 1. The normalized spacial score (nSPS) is 15.6. The van der Waals surface area contributed by atoms with Crippen molar-refractivity contribution >= 4 is 35.1 Å². The van der Waals surface area contributed by atoms with E-state index in [1.165, 1.54) is 11.8 Å². The van der Waals surface area contributed by atoms with Gasteiger partial charge in [-0.25, -0.2) is 0 Å². The molecule has 1 aliphatic rings. The van der Waals surface area contributed by atoms with Crippen LogP contribution in [0, 0.1) is 0 Å². The molecule has 2 heterocycles. The van der Waals surface area contributed by atoms with Gasteiger partial charge < -0.3 is 13.9 Å². The number of benzene rings is 3. The largest absolute Gasteiger partial charge is 0.496 e. The highest BCUT2D eigenvalue weighted by molar-refractivity contribution is 8.18. The average molecular weight is 524 g/mol. The summed E-state index contributed by atoms with van der Waals surface area (Å²) < 4.78 is 16.8. The van der Waals surface area contributed by atoms with E-state index in [1.54, 1.807) is 30.6 Å². The Morgan fingerprint density at radius 1 is 0.974 bits per heavy atom. The standard InChI is InChI=1S/C30H25N3O4S/c1-35-27-15-6-5-12-24(27)19-31-32-30-33(20-26-14-8-16-36-26)29(34)28(38-30)18-23-11-7-13-25(17-23)37-21-22-9-3-2-4-10-22/h2-19H,20-21H2,1H3/b28-18-,31-19-,32-30+. The van der Waals surface area contributed by atoms with Gasteiger partial charge in [0.25, 0.3) is 5.91 Å². The van der Waals surface area contributed by atoms with Crippen LogP contribution in [0.25, 0.3) is 6.08 Å². The fourth-order valence-electron chi connectivity index (χ4n) is 3.78. The highest BCUT2D eigenvalue weighted by atomic mass is 32.2. The Bertz CT molecular complexity index is 1480. The third-order valence-electron chi connectivity index (χ3n) is 5.67. The minimum atomic E-state index is -0.173.